The number of imidazole rings is 1. The Morgan fingerprint density at radius 2 is 2.07 bits per heavy atom. The molecule has 0 bridgehead atoms. The SMILES string of the molecule is CSCc1nc2cc(Cl)c(Cl)cc2[nH]1. The second kappa shape index (κ2) is 4.01. The molecule has 0 spiro atoms. The molecule has 0 atom stereocenters. The third-order valence-electron chi connectivity index (χ3n) is 1.85. The van der Waals surface area contributed by atoms with Gasteiger partial charge < -0.3 is 4.98 Å². The van der Waals surface area contributed by atoms with Crippen LogP contribution in [0.25, 0.3) is 11.0 Å². The molecule has 1 aromatic carbocycles. The fourth-order valence-corrected chi connectivity index (χ4v) is 1.99. The molecule has 2 rings (SSSR count). The lowest BCUT2D eigenvalue weighted by molar-refractivity contribution is 1.14. The first-order valence-electron chi connectivity index (χ1n) is 4.03. The third kappa shape index (κ3) is 1.85. The monoisotopic (exact) mass is 246 g/mol. The van der Waals surface area contributed by atoms with Gasteiger partial charge in [0.1, 0.15) is 5.82 Å². The highest BCUT2D eigenvalue weighted by Crippen LogP contribution is 2.26. The minimum Gasteiger partial charge on any atom is -0.341 e. The molecule has 0 fully saturated rings. The van der Waals surface area contributed by atoms with E-state index < -0.39 is 0 Å². The van der Waals surface area contributed by atoms with Gasteiger partial charge in [0, 0.05) is 0 Å². The van der Waals surface area contributed by atoms with E-state index in [1.54, 1.807) is 23.9 Å². The van der Waals surface area contributed by atoms with Crippen molar-refractivity contribution in [2.45, 2.75) is 5.75 Å². The maximum absolute atomic E-state index is 5.89. The first-order chi connectivity index (χ1) is 6.70. The summed E-state index contributed by atoms with van der Waals surface area (Å²) in [4.78, 5) is 7.57. The first-order valence-corrected chi connectivity index (χ1v) is 6.18. The van der Waals surface area contributed by atoms with Crippen LogP contribution in [-0.4, -0.2) is 16.2 Å². The molecule has 0 aliphatic rings. The number of hydrogen-bond acceptors (Lipinski definition) is 2. The van der Waals surface area contributed by atoms with E-state index >= 15 is 0 Å². The van der Waals surface area contributed by atoms with Crippen molar-refractivity contribution in [3.63, 3.8) is 0 Å². The van der Waals surface area contributed by atoms with Gasteiger partial charge in [-0.2, -0.15) is 11.8 Å². The number of thioether (sulfide) groups is 1. The van der Waals surface area contributed by atoms with Crippen LogP contribution < -0.4 is 0 Å². The van der Waals surface area contributed by atoms with Crippen molar-refractivity contribution in [2.75, 3.05) is 6.26 Å². The van der Waals surface area contributed by atoms with Crippen molar-refractivity contribution in [1.82, 2.24) is 9.97 Å². The van der Waals surface area contributed by atoms with Crippen LogP contribution in [0.15, 0.2) is 12.1 Å². The Labute approximate surface area is 96.0 Å². The maximum Gasteiger partial charge on any atom is 0.117 e. The number of aromatic amines is 1. The zero-order valence-electron chi connectivity index (χ0n) is 7.47. The average Bonchev–Trinajstić information content (AvgIpc) is 2.48. The molecule has 74 valence electrons. The van der Waals surface area contributed by atoms with Crippen LogP contribution in [0, 0.1) is 0 Å². The largest absolute Gasteiger partial charge is 0.341 e. The second-order valence-electron chi connectivity index (χ2n) is 2.90. The van der Waals surface area contributed by atoms with Gasteiger partial charge in [-0.3, -0.25) is 0 Å². The molecule has 2 nitrogen and oxygen atoms in total. The van der Waals surface area contributed by atoms with Crippen molar-refractivity contribution < 1.29 is 0 Å². The molecule has 0 aliphatic heterocycles. The summed E-state index contributed by atoms with van der Waals surface area (Å²) in [6.07, 6.45) is 2.03. The van der Waals surface area contributed by atoms with Gasteiger partial charge in [-0.15, -0.1) is 0 Å². The number of nitrogens with one attached hydrogen (secondary N) is 1. The van der Waals surface area contributed by atoms with E-state index in [4.69, 9.17) is 23.2 Å². The maximum atomic E-state index is 5.89. The Kier molecular flexibility index (Phi) is 2.91. The van der Waals surface area contributed by atoms with Crippen molar-refractivity contribution >= 4 is 46.0 Å². The smallest absolute Gasteiger partial charge is 0.117 e. The third-order valence-corrected chi connectivity index (χ3v) is 3.14. The van der Waals surface area contributed by atoms with Gasteiger partial charge in [-0.1, -0.05) is 23.2 Å². The van der Waals surface area contributed by atoms with E-state index in [2.05, 4.69) is 9.97 Å². The molecule has 1 N–H and O–H groups in total. The van der Waals surface area contributed by atoms with Gasteiger partial charge in [0.2, 0.25) is 0 Å². The fourth-order valence-electron chi connectivity index (χ4n) is 1.26. The molecule has 2 aromatic rings. The molecule has 0 unspecified atom stereocenters. The normalized spacial score (nSPS) is 11.1. The summed E-state index contributed by atoms with van der Waals surface area (Å²) in [6.45, 7) is 0. The number of hydrogen-bond donors (Lipinski definition) is 1. The van der Waals surface area contributed by atoms with E-state index in [9.17, 15) is 0 Å². The summed E-state index contributed by atoms with van der Waals surface area (Å²) in [6, 6.07) is 3.58. The van der Waals surface area contributed by atoms with Gasteiger partial charge in [-0.05, 0) is 18.4 Å². The van der Waals surface area contributed by atoms with Gasteiger partial charge in [0.05, 0.1) is 26.8 Å². The van der Waals surface area contributed by atoms with Crippen LogP contribution >= 0.6 is 35.0 Å². The van der Waals surface area contributed by atoms with Crippen molar-refractivity contribution in [3.05, 3.63) is 28.0 Å². The van der Waals surface area contributed by atoms with Gasteiger partial charge >= 0.3 is 0 Å². The highest BCUT2D eigenvalue weighted by Gasteiger charge is 2.05. The molecular weight excluding hydrogens is 239 g/mol. The number of rotatable bonds is 2. The highest BCUT2D eigenvalue weighted by atomic mass is 35.5. The van der Waals surface area contributed by atoms with Crippen LogP contribution in [0.1, 0.15) is 5.82 Å². The van der Waals surface area contributed by atoms with Crippen LogP contribution in [0.4, 0.5) is 0 Å². The Morgan fingerprint density at radius 3 is 2.79 bits per heavy atom. The van der Waals surface area contributed by atoms with E-state index in [1.165, 1.54) is 0 Å². The number of benzene rings is 1. The Balaban J connectivity index is 2.54. The van der Waals surface area contributed by atoms with Crippen molar-refractivity contribution in [1.29, 1.82) is 0 Å². The second-order valence-corrected chi connectivity index (χ2v) is 4.58. The summed E-state index contributed by atoms with van der Waals surface area (Å²) in [5.74, 6) is 1.81. The Hall–Kier alpha value is -0.380. The summed E-state index contributed by atoms with van der Waals surface area (Å²) >= 11 is 13.5. The lowest BCUT2D eigenvalue weighted by Crippen LogP contribution is -1.80. The number of nitrogens with zero attached hydrogens (tertiary/aromatic N) is 1. The summed E-state index contributed by atoms with van der Waals surface area (Å²) < 4.78 is 0. The van der Waals surface area contributed by atoms with Crippen molar-refractivity contribution in [2.24, 2.45) is 0 Å². The van der Waals surface area contributed by atoms with Gasteiger partial charge in [0.25, 0.3) is 0 Å². The summed E-state index contributed by atoms with van der Waals surface area (Å²) in [5.41, 5.74) is 1.80. The highest BCUT2D eigenvalue weighted by molar-refractivity contribution is 7.97. The Morgan fingerprint density at radius 1 is 1.36 bits per heavy atom. The van der Waals surface area contributed by atoms with Crippen molar-refractivity contribution in [3.8, 4) is 0 Å². The topological polar surface area (TPSA) is 28.7 Å². The zero-order valence-corrected chi connectivity index (χ0v) is 9.80. The van der Waals surface area contributed by atoms with E-state index in [1.807, 2.05) is 6.26 Å². The van der Waals surface area contributed by atoms with E-state index in [-0.39, 0.29) is 0 Å². The molecule has 14 heavy (non-hydrogen) atoms. The van der Waals surface area contributed by atoms with E-state index in [0.29, 0.717) is 10.0 Å². The molecule has 1 aromatic heterocycles. The Bertz CT molecular complexity index is 428. The number of aromatic nitrogens is 2. The van der Waals surface area contributed by atoms with Gasteiger partial charge in [-0.25, -0.2) is 4.98 Å². The molecule has 0 saturated heterocycles. The molecule has 5 heteroatoms. The average molecular weight is 247 g/mol. The van der Waals surface area contributed by atoms with Crippen LogP contribution in [-0.2, 0) is 5.75 Å². The molecule has 0 aliphatic carbocycles. The van der Waals surface area contributed by atoms with E-state index in [0.717, 1.165) is 22.6 Å². The minimum absolute atomic E-state index is 0.543. The number of fused-ring (bicyclic) bond motifs is 1. The standard InChI is InChI=1S/C9H8Cl2N2S/c1-14-4-9-12-7-2-5(10)6(11)3-8(7)13-9/h2-3H,4H2,1H3,(H,12,13). The first kappa shape index (κ1) is 10.1. The van der Waals surface area contributed by atoms with Gasteiger partial charge in [0.15, 0.2) is 0 Å². The molecule has 0 radical (unpaired) electrons. The quantitative estimate of drug-likeness (QED) is 0.875. The predicted molar refractivity (Wildman–Crippen MR) is 63.3 cm³/mol. The fraction of sp³-hybridized carbons (Fsp3) is 0.222. The predicted octanol–water partition coefficient (Wildman–Crippen LogP) is 3.73. The molecule has 1 heterocycles. The molecule has 0 saturated carbocycles. The van der Waals surface area contributed by atoms with Crippen LogP contribution in [0.5, 0.6) is 0 Å². The lowest BCUT2D eigenvalue weighted by atomic mass is 10.3. The van der Waals surface area contributed by atoms with Crippen LogP contribution in [0.3, 0.4) is 0 Å². The number of halogens is 2. The minimum atomic E-state index is 0.543. The summed E-state index contributed by atoms with van der Waals surface area (Å²) in [7, 11) is 0. The lowest BCUT2D eigenvalue weighted by Gasteiger charge is -1.93. The zero-order chi connectivity index (χ0) is 10.1. The molecule has 0 amide bonds. The molecular formula is C9H8Cl2N2S. The van der Waals surface area contributed by atoms with Crippen LogP contribution in [0.2, 0.25) is 10.0 Å². The summed E-state index contributed by atoms with van der Waals surface area (Å²) in [5, 5.41) is 1.10. The number of H-pyrrole nitrogens is 1.